The normalized spacial score (nSPS) is 12.5. The van der Waals surface area contributed by atoms with Gasteiger partial charge in [-0.3, -0.25) is 0 Å². The molecule has 0 aliphatic rings. The first-order chi connectivity index (χ1) is 19.6. The van der Waals surface area contributed by atoms with Crippen molar-refractivity contribution in [1.82, 2.24) is 14.8 Å². The number of nitrogens with zero attached hydrogens (tertiary/aromatic N) is 3. The highest BCUT2D eigenvalue weighted by Gasteiger charge is 2.30. The van der Waals surface area contributed by atoms with E-state index in [0.717, 1.165) is 39.9 Å². The summed E-state index contributed by atoms with van der Waals surface area (Å²) in [6.07, 6.45) is -4.39. The highest BCUT2D eigenvalue weighted by molar-refractivity contribution is 5.80. The van der Waals surface area contributed by atoms with Gasteiger partial charge >= 0.3 is 6.18 Å². The number of halogens is 3. The van der Waals surface area contributed by atoms with Crippen LogP contribution < -0.4 is 0 Å². The molecule has 42 heavy (non-hydrogen) atoms. The molecule has 0 N–H and O–H groups in total. The monoisotopic (exact) mass is 567 g/mol. The molecule has 0 amide bonds. The van der Waals surface area contributed by atoms with Crippen molar-refractivity contribution in [1.29, 1.82) is 0 Å². The minimum atomic E-state index is -4.39. The average Bonchev–Trinajstić information content (AvgIpc) is 3.33. The molecule has 5 rings (SSSR count). The molecule has 0 unspecified atom stereocenters. The van der Waals surface area contributed by atoms with Crippen LogP contribution >= 0.6 is 0 Å². The summed E-state index contributed by atoms with van der Waals surface area (Å²) in [6, 6.07) is 28.6. The van der Waals surface area contributed by atoms with Crippen molar-refractivity contribution in [3.63, 3.8) is 0 Å². The van der Waals surface area contributed by atoms with E-state index in [4.69, 9.17) is 4.98 Å². The summed E-state index contributed by atoms with van der Waals surface area (Å²) in [5.41, 5.74) is 7.57. The number of hydrogen-bond acceptors (Lipinski definition) is 2. The van der Waals surface area contributed by atoms with E-state index in [9.17, 15) is 13.2 Å². The molecule has 0 aliphatic carbocycles. The number of benzene rings is 4. The molecular weight excluding hydrogens is 531 g/mol. The fourth-order valence-electron chi connectivity index (χ4n) is 4.98. The summed E-state index contributed by atoms with van der Waals surface area (Å²) in [7, 11) is 1.80. The maximum absolute atomic E-state index is 13.1. The largest absolute Gasteiger partial charge is 0.416 e. The molecule has 1 aromatic heterocycles. The SMILES string of the molecule is Cn1nc(-c2ccc(C(F)(F)F)cc2)nc1-c1cc(-c2ccc(C(C)(C)C)cc2)cc(-c2ccc(C(C)(C)C)cc2)c1. The Hall–Kier alpha value is -4.19. The standard InChI is InChI=1S/C36H36F3N3/c1-34(2,3)29-14-8-23(9-15-29)26-20-27(24-10-16-30(17-11-24)35(4,5)6)22-28(21-26)33-40-32(41-42(33)7)25-12-18-31(19-13-25)36(37,38)39/h8-22H,1-7H3. The van der Waals surface area contributed by atoms with Gasteiger partial charge in [-0.1, -0.05) is 102 Å². The van der Waals surface area contributed by atoms with Crippen molar-refractivity contribution in [2.24, 2.45) is 7.05 Å². The molecule has 0 bridgehead atoms. The lowest BCUT2D eigenvalue weighted by Gasteiger charge is -2.20. The third kappa shape index (κ3) is 6.18. The Labute approximate surface area is 246 Å². The Bertz CT molecular complexity index is 1620. The molecule has 216 valence electrons. The van der Waals surface area contributed by atoms with Crippen LogP contribution in [0.3, 0.4) is 0 Å². The predicted octanol–water partition coefficient (Wildman–Crippen LogP) is 10.1. The molecular formula is C36H36F3N3. The van der Waals surface area contributed by atoms with Gasteiger partial charge in [0.2, 0.25) is 0 Å². The van der Waals surface area contributed by atoms with Gasteiger partial charge in [0.25, 0.3) is 0 Å². The van der Waals surface area contributed by atoms with E-state index in [1.54, 1.807) is 11.7 Å². The van der Waals surface area contributed by atoms with Gasteiger partial charge in [-0.2, -0.15) is 18.3 Å². The minimum absolute atomic E-state index is 0.0493. The first kappa shape index (κ1) is 29.3. The van der Waals surface area contributed by atoms with Gasteiger partial charge < -0.3 is 0 Å². The van der Waals surface area contributed by atoms with Gasteiger partial charge in [0.15, 0.2) is 11.6 Å². The Morgan fingerprint density at radius 1 is 0.500 bits per heavy atom. The van der Waals surface area contributed by atoms with Crippen LogP contribution in [0, 0.1) is 0 Å². The van der Waals surface area contributed by atoms with Gasteiger partial charge in [0, 0.05) is 18.2 Å². The number of aromatic nitrogens is 3. The van der Waals surface area contributed by atoms with Crippen molar-refractivity contribution >= 4 is 0 Å². The minimum Gasteiger partial charge on any atom is -0.248 e. The second-order valence-electron chi connectivity index (χ2n) is 12.9. The van der Waals surface area contributed by atoms with Crippen LogP contribution in [-0.4, -0.2) is 14.8 Å². The Balaban J connectivity index is 1.61. The number of rotatable bonds is 4. The van der Waals surface area contributed by atoms with Crippen molar-refractivity contribution in [2.75, 3.05) is 0 Å². The van der Waals surface area contributed by atoms with E-state index in [1.807, 2.05) is 0 Å². The quantitative estimate of drug-likeness (QED) is 0.216. The molecule has 6 heteroatoms. The van der Waals surface area contributed by atoms with E-state index in [-0.39, 0.29) is 10.8 Å². The van der Waals surface area contributed by atoms with Crippen LogP contribution in [0.15, 0.2) is 91.0 Å². The summed E-state index contributed by atoms with van der Waals surface area (Å²) in [5, 5.41) is 4.56. The molecule has 0 saturated heterocycles. The summed E-state index contributed by atoms with van der Waals surface area (Å²) in [5.74, 6) is 1.00. The molecule has 1 heterocycles. The maximum atomic E-state index is 13.1. The van der Waals surface area contributed by atoms with E-state index >= 15 is 0 Å². The summed E-state index contributed by atoms with van der Waals surface area (Å²) in [6.45, 7) is 13.2. The number of aryl methyl sites for hydroxylation is 1. The van der Waals surface area contributed by atoms with Crippen molar-refractivity contribution in [3.8, 4) is 45.0 Å². The van der Waals surface area contributed by atoms with Gasteiger partial charge in [0.1, 0.15) is 0 Å². The zero-order valence-electron chi connectivity index (χ0n) is 25.1. The van der Waals surface area contributed by atoms with Crippen LogP contribution in [0.1, 0.15) is 58.2 Å². The zero-order chi connectivity index (χ0) is 30.4. The van der Waals surface area contributed by atoms with Crippen molar-refractivity contribution < 1.29 is 13.2 Å². The van der Waals surface area contributed by atoms with Gasteiger partial charge in [-0.25, -0.2) is 9.67 Å². The second kappa shape index (κ2) is 10.6. The van der Waals surface area contributed by atoms with Crippen LogP contribution in [0.5, 0.6) is 0 Å². The lowest BCUT2D eigenvalue weighted by molar-refractivity contribution is -0.137. The summed E-state index contributed by atoms with van der Waals surface area (Å²) < 4.78 is 41.0. The predicted molar refractivity (Wildman–Crippen MR) is 165 cm³/mol. The van der Waals surface area contributed by atoms with E-state index < -0.39 is 11.7 Å². The third-order valence-electron chi connectivity index (χ3n) is 7.59. The fraction of sp³-hybridized carbons (Fsp3) is 0.278. The average molecular weight is 568 g/mol. The van der Waals surface area contributed by atoms with Crippen LogP contribution in [0.4, 0.5) is 13.2 Å². The fourth-order valence-corrected chi connectivity index (χ4v) is 4.98. The molecule has 0 radical (unpaired) electrons. The van der Waals surface area contributed by atoms with Crippen molar-refractivity contribution in [2.45, 2.75) is 58.5 Å². The molecule has 5 aromatic rings. The summed E-state index contributed by atoms with van der Waals surface area (Å²) in [4.78, 5) is 4.78. The molecule has 0 fully saturated rings. The Morgan fingerprint density at radius 2 is 0.881 bits per heavy atom. The van der Waals surface area contributed by atoms with Gasteiger partial charge in [0.05, 0.1) is 5.56 Å². The lowest BCUT2D eigenvalue weighted by atomic mass is 9.85. The molecule has 0 spiro atoms. The number of hydrogen-bond donors (Lipinski definition) is 0. The van der Waals surface area contributed by atoms with E-state index in [1.165, 1.54) is 23.3 Å². The molecule has 0 atom stereocenters. The molecule has 0 saturated carbocycles. The van der Waals surface area contributed by atoms with E-state index in [0.29, 0.717) is 17.2 Å². The molecule has 4 aromatic carbocycles. The molecule has 3 nitrogen and oxygen atoms in total. The first-order valence-corrected chi connectivity index (χ1v) is 14.1. The van der Waals surface area contributed by atoms with Gasteiger partial charge in [-0.05, 0) is 74.5 Å². The number of alkyl halides is 3. The Kier molecular flexibility index (Phi) is 7.38. The highest BCUT2D eigenvalue weighted by atomic mass is 19.4. The summed E-state index contributed by atoms with van der Waals surface area (Å²) >= 11 is 0. The lowest BCUT2D eigenvalue weighted by Crippen LogP contribution is -2.10. The first-order valence-electron chi connectivity index (χ1n) is 14.1. The molecule has 0 aliphatic heterocycles. The second-order valence-corrected chi connectivity index (χ2v) is 12.9. The highest BCUT2D eigenvalue weighted by Crippen LogP contribution is 2.36. The van der Waals surface area contributed by atoms with Crippen LogP contribution in [0.25, 0.3) is 45.0 Å². The maximum Gasteiger partial charge on any atom is 0.416 e. The Morgan fingerprint density at radius 3 is 1.29 bits per heavy atom. The van der Waals surface area contributed by atoms with Crippen LogP contribution in [-0.2, 0) is 24.1 Å². The van der Waals surface area contributed by atoms with Crippen molar-refractivity contribution in [3.05, 3.63) is 108 Å². The third-order valence-corrected chi connectivity index (χ3v) is 7.59. The van der Waals surface area contributed by atoms with Crippen LogP contribution in [0.2, 0.25) is 0 Å². The topological polar surface area (TPSA) is 30.7 Å². The van der Waals surface area contributed by atoms with Gasteiger partial charge in [-0.15, -0.1) is 0 Å². The smallest absolute Gasteiger partial charge is 0.248 e. The zero-order valence-corrected chi connectivity index (χ0v) is 25.1. The van der Waals surface area contributed by atoms with E-state index in [2.05, 4.69) is 113 Å².